The van der Waals surface area contributed by atoms with Gasteiger partial charge in [0, 0.05) is 6.20 Å². The number of nitrogens with zero attached hydrogens (tertiary/aromatic N) is 1. The summed E-state index contributed by atoms with van der Waals surface area (Å²) in [5, 5.41) is 3.25. The van der Waals surface area contributed by atoms with Crippen molar-refractivity contribution in [3.05, 3.63) is 40.9 Å². The summed E-state index contributed by atoms with van der Waals surface area (Å²) in [7, 11) is 0. The van der Waals surface area contributed by atoms with Crippen LogP contribution in [0, 0.1) is 0 Å². The molecular formula is C13H15BrN2O2. The van der Waals surface area contributed by atoms with Gasteiger partial charge < -0.3 is 14.5 Å². The molecule has 0 unspecified atom stereocenters. The number of halogens is 1. The molecule has 5 heteroatoms. The van der Waals surface area contributed by atoms with Gasteiger partial charge in [-0.2, -0.15) is 0 Å². The van der Waals surface area contributed by atoms with Crippen LogP contribution in [0.3, 0.4) is 0 Å². The fourth-order valence-corrected chi connectivity index (χ4v) is 1.81. The van der Waals surface area contributed by atoms with Crippen molar-refractivity contribution in [2.24, 2.45) is 0 Å². The fourth-order valence-electron chi connectivity index (χ4n) is 1.47. The Hall–Kier alpha value is -1.49. The third-order valence-electron chi connectivity index (χ3n) is 2.25. The van der Waals surface area contributed by atoms with Crippen LogP contribution in [0.4, 0.5) is 5.69 Å². The van der Waals surface area contributed by atoms with Crippen LogP contribution < -0.4 is 10.1 Å². The number of hydrogen-bond donors (Lipinski definition) is 1. The van der Waals surface area contributed by atoms with Crippen molar-refractivity contribution >= 4 is 21.6 Å². The van der Waals surface area contributed by atoms with Gasteiger partial charge in [-0.15, -0.1) is 0 Å². The molecule has 0 radical (unpaired) electrons. The second kappa shape index (κ2) is 5.91. The highest BCUT2D eigenvalue weighted by molar-refractivity contribution is 9.10. The first-order chi connectivity index (χ1) is 8.66. The molecule has 0 fully saturated rings. The van der Waals surface area contributed by atoms with Gasteiger partial charge in [-0.25, -0.2) is 4.98 Å². The maximum Gasteiger partial charge on any atom is 0.237 e. The zero-order valence-electron chi connectivity index (χ0n) is 10.3. The molecule has 18 heavy (non-hydrogen) atoms. The van der Waals surface area contributed by atoms with Gasteiger partial charge in [0.25, 0.3) is 0 Å². The monoisotopic (exact) mass is 310 g/mol. The molecule has 0 spiro atoms. The molecule has 2 aromatic rings. The number of nitrogens with one attached hydrogen (secondary N) is 1. The van der Waals surface area contributed by atoms with Gasteiger partial charge in [0.1, 0.15) is 5.76 Å². The van der Waals surface area contributed by atoms with Crippen LogP contribution in [0.25, 0.3) is 0 Å². The maximum absolute atomic E-state index is 5.63. The van der Waals surface area contributed by atoms with E-state index in [1.54, 1.807) is 12.5 Å². The average molecular weight is 311 g/mol. The van der Waals surface area contributed by atoms with Crippen molar-refractivity contribution in [3.8, 4) is 5.88 Å². The molecule has 0 bridgehead atoms. The largest absolute Gasteiger partial charge is 0.473 e. The molecule has 0 aliphatic carbocycles. The Balaban J connectivity index is 2.07. The normalized spacial score (nSPS) is 10.7. The van der Waals surface area contributed by atoms with Crippen molar-refractivity contribution in [2.45, 2.75) is 26.5 Å². The number of pyridine rings is 1. The number of ether oxygens (including phenoxy) is 1. The maximum atomic E-state index is 5.63. The van der Waals surface area contributed by atoms with E-state index in [2.05, 4.69) is 26.2 Å². The molecule has 4 nitrogen and oxygen atoms in total. The third kappa shape index (κ3) is 3.26. The highest BCUT2D eigenvalue weighted by Gasteiger charge is 2.08. The average Bonchev–Trinajstić information content (AvgIpc) is 2.73. The van der Waals surface area contributed by atoms with Gasteiger partial charge >= 0.3 is 0 Å². The van der Waals surface area contributed by atoms with E-state index in [1.807, 2.05) is 32.0 Å². The Kier molecular flexibility index (Phi) is 4.25. The first-order valence-electron chi connectivity index (χ1n) is 5.74. The molecule has 2 rings (SSSR count). The summed E-state index contributed by atoms with van der Waals surface area (Å²) >= 11 is 3.42. The number of rotatable bonds is 5. The number of aromatic nitrogens is 1. The van der Waals surface area contributed by atoms with Crippen molar-refractivity contribution in [1.29, 1.82) is 0 Å². The first kappa shape index (κ1) is 13.0. The molecule has 0 aromatic carbocycles. The molecule has 0 aliphatic rings. The minimum atomic E-state index is 0.0933. The third-order valence-corrected chi connectivity index (χ3v) is 2.96. The quantitative estimate of drug-likeness (QED) is 0.911. The summed E-state index contributed by atoms with van der Waals surface area (Å²) < 4.78 is 11.9. The molecule has 2 heterocycles. The molecule has 0 aliphatic heterocycles. The standard InChI is InChI=1S/C13H15BrN2O2/c1-9(2)18-13-11(4-3-6-15-13)16-8-12-10(14)5-7-17-12/h3-7,9,16H,8H2,1-2H3. The number of hydrogen-bond acceptors (Lipinski definition) is 4. The smallest absolute Gasteiger partial charge is 0.237 e. The molecule has 1 N–H and O–H groups in total. The van der Waals surface area contributed by atoms with E-state index < -0.39 is 0 Å². The summed E-state index contributed by atoms with van der Waals surface area (Å²) in [6, 6.07) is 5.67. The zero-order chi connectivity index (χ0) is 13.0. The topological polar surface area (TPSA) is 47.3 Å². The Morgan fingerprint density at radius 2 is 2.28 bits per heavy atom. The van der Waals surface area contributed by atoms with Crippen LogP contribution in [0.1, 0.15) is 19.6 Å². The molecule has 0 saturated heterocycles. The molecule has 0 atom stereocenters. The lowest BCUT2D eigenvalue weighted by Crippen LogP contribution is -2.09. The van der Waals surface area contributed by atoms with Crippen molar-refractivity contribution in [2.75, 3.05) is 5.32 Å². The summed E-state index contributed by atoms with van der Waals surface area (Å²) in [5.41, 5.74) is 0.856. The van der Waals surface area contributed by atoms with Gasteiger partial charge in [-0.3, -0.25) is 0 Å². The lowest BCUT2D eigenvalue weighted by atomic mass is 10.3. The van der Waals surface area contributed by atoms with E-state index in [0.29, 0.717) is 12.4 Å². The minimum absolute atomic E-state index is 0.0933. The lowest BCUT2D eigenvalue weighted by molar-refractivity contribution is 0.234. The Morgan fingerprint density at radius 3 is 2.94 bits per heavy atom. The highest BCUT2D eigenvalue weighted by Crippen LogP contribution is 2.24. The van der Waals surface area contributed by atoms with Crippen molar-refractivity contribution < 1.29 is 9.15 Å². The van der Waals surface area contributed by atoms with Crippen LogP contribution in [-0.2, 0) is 6.54 Å². The second-order valence-electron chi connectivity index (χ2n) is 4.07. The van der Waals surface area contributed by atoms with E-state index >= 15 is 0 Å². The molecule has 2 aromatic heterocycles. The van der Waals surface area contributed by atoms with E-state index in [1.165, 1.54) is 0 Å². The van der Waals surface area contributed by atoms with E-state index in [9.17, 15) is 0 Å². The van der Waals surface area contributed by atoms with E-state index in [0.717, 1.165) is 15.9 Å². The summed E-state index contributed by atoms with van der Waals surface area (Å²) in [6.45, 7) is 4.52. The minimum Gasteiger partial charge on any atom is -0.473 e. The Bertz CT molecular complexity index is 511. The van der Waals surface area contributed by atoms with Crippen LogP contribution in [0.15, 0.2) is 39.5 Å². The SMILES string of the molecule is CC(C)Oc1ncccc1NCc1occc1Br. The lowest BCUT2D eigenvalue weighted by Gasteiger charge is -2.13. The predicted molar refractivity (Wildman–Crippen MR) is 73.7 cm³/mol. The first-order valence-corrected chi connectivity index (χ1v) is 6.53. The van der Waals surface area contributed by atoms with Gasteiger partial charge in [0.2, 0.25) is 5.88 Å². The van der Waals surface area contributed by atoms with Crippen LogP contribution in [0.2, 0.25) is 0 Å². The van der Waals surface area contributed by atoms with Crippen LogP contribution in [0.5, 0.6) is 5.88 Å². The van der Waals surface area contributed by atoms with Gasteiger partial charge in [-0.1, -0.05) is 0 Å². The summed E-state index contributed by atoms with van der Waals surface area (Å²) in [6.07, 6.45) is 3.46. The van der Waals surface area contributed by atoms with Crippen LogP contribution in [-0.4, -0.2) is 11.1 Å². The number of anilines is 1. The summed E-state index contributed by atoms with van der Waals surface area (Å²) in [4.78, 5) is 4.21. The molecule has 0 amide bonds. The second-order valence-corrected chi connectivity index (χ2v) is 4.92. The predicted octanol–water partition coefficient (Wildman–Crippen LogP) is 3.84. The van der Waals surface area contributed by atoms with E-state index in [-0.39, 0.29) is 6.10 Å². The highest BCUT2D eigenvalue weighted by atomic mass is 79.9. The van der Waals surface area contributed by atoms with Crippen molar-refractivity contribution in [1.82, 2.24) is 4.98 Å². The Morgan fingerprint density at radius 1 is 1.44 bits per heavy atom. The zero-order valence-corrected chi connectivity index (χ0v) is 11.9. The van der Waals surface area contributed by atoms with Gasteiger partial charge in [0.15, 0.2) is 0 Å². The molecule has 0 saturated carbocycles. The fraction of sp³-hybridized carbons (Fsp3) is 0.308. The molecular weight excluding hydrogens is 296 g/mol. The van der Waals surface area contributed by atoms with Crippen LogP contribution >= 0.6 is 15.9 Å². The Labute approximate surface area is 114 Å². The van der Waals surface area contributed by atoms with E-state index in [4.69, 9.17) is 9.15 Å². The van der Waals surface area contributed by atoms with Gasteiger partial charge in [-0.05, 0) is 48.0 Å². The molecule has 96 valence electrons. The van der Waals surface area contributed by atoms with Crippen molar-refractivity contribution in [3.63, 3.8) is 0 Å². The van der Waals surface area contributed by atoms with Gasteiger partial charge in [0.05, 0.1) is 29.1 Å². The summed E-state index contributed by atoms with van der Waals surface area (Å²) in [5.74, 6) is 1.45. The number of furan rings is 1.